The molecule has 0 fully saturated rings. The highest BCUT2D eigenvalue weighted by Gasteiger charge is 2.08. The molecule has 3 aromatic rings. The molecule has 0 aliphatic carbocycles. The van der Waals surface area contributed by atoms with Crippen molar-refractivity contribution in [3.05, 3.63) is 82.9 Å². The number of benzene rings is 3. The number of ether oxygens (including phenoxy) is 3. The summed E-state index contributed by atoms with van der Waals surface area (Å²) in [5.74, 6) is 1.85. The largest absolute Gasteiger partial charge is 0.493 e. The van der Waals surface area contributed by atoms with E-state index in [1.165, 1.54) is 0 Å². The summed E-state index contributed by atoms with van der Waals surface area (Å²) in [6.45, 7) is 2.92. The van der Waals surface area contributed by atoms with Crippen molar-refractivity contribution in [2.24, 2.45) is 0 Å². The van der Waals surface area contributed by atoms with Gasteiger partial charge >= 0.3 is 5.97 Å². The summed E-state index contributed by atoms with van der Waals surface area (Å²) in [5.41, 5.74) is 2.05. The van der Waals surface area contributed by atoms with Crippen molar-refractivity contribution in [2.45, 2.75) is 26.2 Å². The lowest BCUT2D eigenvalue weighted by atomic mass is 10.0. The molecule has 3 aromatic carbocycles. The molecule has 1 N–H and O–H groups in total. The van der Waals surface area contributed by atoms with Crippen LogP contribution in [0.3, 0.4) is 0 Å². The maximum absolute atomic E-state index is 10.7. The Morgan fingerprint density at radius 1 is 0.903 bits per heavy atom. The zero-order valence-corrected chi connectivity index (χ0v) is 18.1. The van der Waals surface area contributed by atoms with E-state index in [-0.39, 0.29) is 6.42 Å². The average molecular weight is 441 g/mol. The van der Waals surface area contributed by atoms with Gasteiger partial charge in [0.15, 0.2) is 11.5 Å². The molecular formula is C25H25ClO5. The molecule has 0 heterocycles. The minimum Gasteiger partial charge on any atom is -0.493 e. The lowest BCUT2D eigenvalue weighted by Crippen LogP contribution is -2.06. The number of aliphatic carboxylic acids is 1. The first kappa shape index (κ1) is 22.5. The smallest absolute Gasteiger partial charge is 0.303 e. The molecule has 5 nitrogen and oxygen atoms in total. The van der Waals surface area contributed by atoms with Crippen molar-refractivity contribution in [3.8, 4) is 23.0 Å². The molecule has 0 amide bonds. The summed E-state index contributed by atoms with van der Waals surface area (Å²) in [6, 6.07) is 20.5. The van der Waals surface area contributed by atoms with Crippen molar-refractivity contribution < 1.29 is 24.1 Å². The van der Waals surface area contributed by atoms with Crippen molar-refractivity contribution in [1.82, 2.24) is 0 Å². The third kappa shape index (κ3) is 7.23. The molecule has 0 aliphatic heterocycles. The molecule has 0 atom stereocenters. The average Bonchev–Trinajstić information content (AvgIpc) is 2.75. The Bertz CT molecular complexity index is 1000. The van der Waals surface area contributed by atoms with Gasteiger partial charge in [-0.25, -0.2) is 0 Å². The van der Waals surface area contributed by atoms with Gasteiger partial charge in [0.25, 0.3) is 0 Å². The third-order valence-corrected chi connectivity index (χ3v) is 4.85. The van der Waals surface area contributed by atoms with Gasteiger partial charge in [0, 0.05) is 23.9 Å². The van der Waals surface area contributed by atoms with Crippen LogP contribution < -0.4 is 14.2 Å². The SMILES string of the molecule is Cc1cc(OCCCOc2ccc(Cl)cc2Oc2ccccc2)ccc1CCC(=O)O. The maximum atomic E-state index is 10.7. The number of halogens is 1. The first-order valence-electron chi connectivity index (χ1n) is 10.1. The van der Waals surface area contributed by atoms with Gasteiger partial charge < -0.3 is 19.3 Å². The number of hydrogen-bond acceptors (Lipinski definition) is 4. The van der Waals surface area contributed by atoms with Gasteiger partial charge in [-0.2, -0.15) is 0 Å². The van der Waals surface area contributed by atoms with Crippen molar-refractivity contribution >= 4 is 17.6 Å². The number of carbonyl (C=O) groups is 1. The van der Waals surface area contributed by atoms with E-state index in [1.807, 2.05) is 55.5 Å². The zero-order chi connectivity index (χ0) is 22.1. The van der Waals surface area contributed by atoms with E-state index in [1.54, 1.807) is 18.2 Å². The molecule has 162 valence electrons. The van der Waals surface area contributed by atoms with Gasteiger partial charge in [0.2, 0.25) is 0 Å². The maximum Gasteiger partial charge on any atom is 0.303 e. The number of carboxylic acid groups (broad SMARTS) is 1. The molecule has 6 heteroatoms. The van der Waals surface area contributed by atoms with Crippen LogP contribution in [0, 0.1) is 6.92 Å². The predicted molar refractivity (Wildman–Crippen MR) is 121 cm³/mol. The molecule has 0 saturated carbocycles. The molecule has 0 aliphatic rings. The normalized spacial score (nSPS) is 10.5. The lowest BCUT2D eigenvalue weighted by molar-refractivity contribution is -0.136. The van der Waals surface area contributed by atoms with E-state index in [9.17, 15) is 4.79 Å². The van der Waals surface area contributed by atoms with Gasteiger partial charge in [0.1, 0.15) is 11.5 Å². The summed E-state index contributed by atoms with van der Waals surface area (Å²) < 4.78 is 17.6. The molecule has 0 spiro atoms. The van der Waals surface area contributed by atoms with Crippen LogP contribution in [0.25, 0.3) is 0 Å². The van der Waals surface area contributed by atoms with Crippen LogP contribution in [0.1, 0.15) is 24.0 Å². The van der Waals surface area contributed by atoms with Crippen LogP contribution in [0.15, 0.2) is 66.7 Å². The predicted octanol–water partition coefficient (Wildman–Crippen LogP) is 6.31. The van der Waals surface area contributed by atoms with E-state index in [0.717, 1.165) is 16.9 Å². The monoisotopic (exact) mass is 440 g/mol. The van der Waals surface area contributed by atoms with Crippen LogP contribution in [0.5, 0.6) is 23.0 Å². The number of para-hydroxylation sites is 1. The first-order chi connectivity index (χ1) is 15.0. The van der Waals surface area contributed by atoms with E-state index in [2.05, 4.69) is 0 Å². The van der Waals surface area contributed by atoms with Crippen LogP contribution in [-0.2, 0) is 11.2 Å². The number of aryl methyl sites for hydroxylation is 2. The summed E-state index contributed by atoms with van der Waals surface area (Å²) in [7, 11) is 0. The quantitative estimate of drug-likeness (QED) is 0.354. The molecule has 0 saturated heterocycles. The number of hydrogen-bond donors (Lipinski definition) is 1. The van der Waals surface area contributed by atoms with E-state index in [0.29, 0.717) is 48.3 Å². The van der Waals surface area contributed by atoms with E-state index < -0.39 is 5.97 Å². The molecule has 0 unspecified atom stereocenters. The van der Waals surface area contributed by atoms with Gasteiger partial charge in [-0.3, -0.25) is 4.79 Å². The third-order valence-electron chi connectivity index (χ3n) is 4.61. The van der Waals surface area contributed by atoms with E-state index in [4.69, 9.17) is 30.9 Å². The lowest BCUT2D eigenvalue weighted by Gasteiger charge is -2.13. The van der Waals surface area contributed by atoms with Crippen molar-refractivity contribution in [1.29, 1.82) is 0 Å². The second-order valence-electron chi connectivity index (χ2n) is 7.04. The molecule has 31 heavy (non-hydrogen) atoms. The Balaban J connectivity index is 1.48. The van der Waals surface area contributed by atoms with Crippen LogP contribution in [-0.4, -0.2) is 24.3 Å². The Hall–Kier alpha value is -3.18. The second kappa shape index (κ2) is 11.3. The Labute approximate surface area is 187 Å². The zero-order valence-electron chi connectivity index (χ0n) is 17.3. The fourth-order valence-corrected chi connectivity index (χ4v) is 3.17. The van der Waals surface area contributed by atoms with E-state index >= 15 is 0 Å². The van der Waals surface area contributed by atoms with Gasteiger partial charge in [-0.1, -0.05) is 35.9 Å². The molecular weight excluding hydrogens is 416 g/mol. The molecule has 0 radical (unpaired) electrons. The molecule has 0 bridgehead atoms. The summed E-state index contributed by atoms with van der Waals surface area (Å²) in [6.07, 6.45) is 1.33. The van der Waals surface area contributed by atoms with Gasteiger partial charge in [-0.15, -0.1) is 0 Å². The second-order valence-corrected chi connectivity index (χ2v) is 7.48. The van der Waals surface area contributed by atoms with Gasteiger partial charge in [0.05, 0.1) is 13.2 Å². The number of carboxylic acids is 1. The molecule has 3 rings (SSSR count). The minimum absolute atomic E-state index is 0.124. The van der Waals surface area contributed by atoms with Crippen molar-refractivity contribution in [3.63, 3.8) is 0 Å². The fraction of sp³-hybridized carbons (Fsp3) is 0.240. The first-order valence-corrected chi connectivity index (χ1v) is 10.5. The van der Waals surface area contributed by atoms with Crippen LogP contribution in [0.2, 0.25) is 5.02 Å². The fourth-order valence-electron chi connectivity index (χ4n) is 3.01. The Morgan fingerprint density at radius 2 is 1.68 bits per heavy atom. The summed E-state index contributed by atoms with van der Waals surface area (Å²) >= 11 is 6.11. The number of rotatable bonds is 11. The Morgan fingerprint density at radius 3 is 2.42 bits per heavy atom. The van der Waals surface area contributed by atoms with Crippen molar-refractivity contribution in [2.75, 3.05) is 13.2 Å². The highest BCUT2D eigenvalue weighted by atomic mass is 35.5. The topological polar surface area (TPSA) is 65.0 Å². The van der Waals surface area contributed by atoms with Gasteiger partial charge in [-0.05, 0) is 60.9 Å². The summed E-state index contributed by atoms with van der Waals surface area (Å²) in [5, 5.41) is 9.40. The van der Waals surface area contributed by atoms with Crippen LogP contribution in [0.4, 0.5) is 0 Å². The highest BCUT2D eigenvalue weighted by molar-refractivity contribution is 6.30. The Kier molecular flexibility index (Phi) is 8.19. The highest BCUT2D eigenvalue weighted by Crippen LogP contribution is 2.34. The molecule has 0 aromatic heterocycles. The van der Waals surface area contributed by atoms with Crippen LogP contribution >= 0.6 is 11.6 Å². The minimum atomic E-state index is -0.794. The summed E-state index contributed by atoms with van der Waals surface area (Å²) in [4.78, 5) is 10.7. The standard InChI is InChI=1S/C25H25ClO5/c1-18-16-22(11-8-19(18)9-13-25(27)28)29-14-5-15-30-23-12-10-20(26)17-24(23)31-21-6-3-2-4-7-21/h2-4,6-8,10-12,16-17H,5,9,13-15H2,1H3,(H,27,28).